The third-order valence-corrected chi connectivity index (χ3v) is 4.52. The van der Waals surface area contributed by atoms with Crippen LogP contribution < -0.4 is 10.2 Å². The molecule has 0 radical (unpaired) electrons. The number of nitrogens with one attached hydrogen (secondary N) is 1. The van der Waals surface area contributed by atoms with Gasteiger partial charge >= 0.3 is 0 Å². The predicted octanol–water partition coefficient (Wildman–Crippen LogP) is 3.59. The number of hydrogen-bond acceptors (Lipinski definition) is 3. The number of pyridine rings is 1. The molecule has 2 atom stereocenters. The lowest BCUT2D eigenvalue weighted by Crippen LogP contribution is -2.56. The molecule has 0 amide bonds. The molecule has 2 heterocycles. The maximum absolute atomic E-state index is 4.63. The van der Waals surface area contributed by atoms with E-state index in [-0.39, 0.29) is 0 Å². The van der Waals surface area contributed by atoms with Crippen LogP contribution in [-0.4, -0.2) is 30.2 Å². The van der Waals surface area contributed by atoms with Gasteiger partial charge in [0.15, 0.2) is 0 Å². The Bertz CT molecular complexity index is 596. The normalized spacial score (nSPS) is 22.7. The van der Waals surface area contributed by atoms with Crippen LogP contribution in [0.5, 0.6) is 0 Å². The fraction of sp³-hybridized carbons (Fsp3) is 0.500. The van der Waals surface area contributed by atoms with Crippen molar-refractivity contribution in [3.8, 4) is 0 Å². The van der Waals surface area contributed by atoms with Gasteiger partial charge in [-0.1, -0.05) is 38.5 Å². The van der Waals surface area contributed by atoms with Crippen LogP contribution in [-0.2, 0) is 0 Å². The summed E-state index contributed by atoms with van der Waals surface area (Å²) in [5, 5.41) is 4.93. The Kier molecular flexibility index (Phi) is 4.39. The fourth-order valence-electron chi connectivity index (χ4n) is 3.30. The molecule has 1 aliphatic heterocycles. The molecule has 112 valence electrons. The van der Waals surface area contributed by atoms with Gasteiger partial charge in [0.25, 0.3) is 0 Å². The molecule has 2 aromatic rings. The summed E-state index contributed by atoms with van der Waals surface area (Å²) in [6, 6.07) is 11.8. The first kappa shape index (κ1) is 14.3. The van der Waals surface area contributed by atoms with Crippen molar-refractivity contribution in [3.05, 3.63) is 36.5 Å². The Morgan fingerprint density at radius 1 is 1.29 bits per heavy atom. The van der Waals surface area contributed by atoms with E-state index in [2.05, 4.69) is 53.3 Å². The Labute approximate surface area is 127 Å². The van der Waals surface area contributed by atoms with Gasteiger partial charge in [0.05, 0.1) is 17.4 Å². The molecule has 1 fully saturated rings. The van der Waals surface area contributed by atoms with Gasteiger partial charge in [-0.25, -0.2) is 0 Å². The summed E-state index contributed by atoms with van der Waals surface area (Å²) in [4.78, 5) is 7.19. The maximum Gasteiger partial charge on any atom is 0.0703 e. The van der Waals surface area contributed by atoms with Crippen LogP contribution in [0.25, 0.3) is 10.9 Å². The number of fused-ring (bicyclic) bond motifs is 1. The molecular formula is C18H25N3. The minimum absolute atomic E-state index is 0.570. The molecule has 3 rings (SSSR count). The van der Waals surface area contributed by atoms with Crippen LogP contribution in [0.2, 0.25) is 0 Å². The molecule has 1 aromatic heterocycles. The van der Waals surface area contributed by atoms with Crippen LogP contribution in [0, 0.1) is 0 Å². The number of para-hydroxylation sites is 1. The minimum Gasteiger partial charge on any atom is -0.364 e. The summed E-state index contributed by atoms with van der Waals surface area (Å²) in [5.41, 5.74) is 2.35. The van der Waals surface area contributed by atoms with Gasteiger partial charge in [-0.2, -0.15) is 0 Å². The summed E-state index contributed by atoms with van der Waals surface area (Å²) in [6.45, 7) is 6.70. The van der Waals surface area contributed by atoms with Crippen LogP contribution in [0.3, 0.4) is 0 Å². The van der Waals surface area contributed by atoms with Gasteiger partial charge in [0.2, 0.25) is 0 Å². The van der Waals surface area contributed by atoms with Gasteiger partial charge < -0.3 is 10.2 Å². The average Bonchev–Trinajstić information content (AvgIpc) is 2.54. The van der Waals surface area contributed by atoms with Crippen molar-refractivity contribution in [2.45, 2.75) is 45.2 Å². The zero-order chi connectivity index (χ0) is 14.7. The smallest absolute Gasteiger partial charge is 0.0703 e. The number of piperazine rings is 1. The van der Waals surface area contributed by atoms with E-state index < -0.39 is 0 Å². The SMILES string of the molecule is CCCC1CN(c2cnc3ccccc3c2)C(CC)CN1. The highest BCUT2D eigenvalue weighted by Gasteiger charge is 2.26. The summed E-state index contributed by atoms with van der Waals surface area (Å²) < 4.78 is 0. The van der Waals surface area contributed by atoms with E-state index in [0.29, 0.717) is 12.1 Å². The highest BCUT2D eigenvalue weighted by molar-refractivity contribution is 5.81. The second-order valence-corrected chi connectivity index (χ2v) is 5.99. The Balaban J connectivity index is 1.89. The van der Waals surface area contributed by atoms with Gasteiger partial charge in [-0.15, -0.1) is 0 Å². The van der Waals surface area contributed by atoms with Crippen LogP contribution in [0.1, 0.15) is 33.1 Å². The first-order chi connectivity index (χ1) is 10.3. The van der Waals surface area contributed by atoms with Crippen LogP contribution >= 0.6 is 0 Å². The number of hydrogen-bond donors (Lipinski definition) is 1. The third-order valence-electron chi connectivity index (χ3n) is 4.52. The minimum atomic E-state index is 0.570. The molecule has 0 aliphatic carbocycles. The largest absolute Gasteiger partial charge is 0.364 e. The fourth-order valence-corrected chi connectivity index (χ4v) is 3.30. The van der Waals surface area contributed by atoms with Crippen molar-refractivity contribution < 1.29 is 0 Å². The third kappa shape index (κ3) is 3.03. The Morgan fingerprint density at radius 3 is 2.95 bits per heavy atom. The lowest BCUT2D eigenvalue weighted by atomic mass is 10.0. The Morgan fingerprint density at radius 2 is 2.14 bits per heavy atom. The predicted molar refractivity (Wildman–Crippen MR) is 89.9 cm³/mol. The van der Waals surface area contributed by atoms with Crippen LogP contribution in [0.4, 0.5) is 5.69 Å². The number of aromatic nitrogens is 1. The molecular weight excluding hydrogens is 258 g/mol. The summed E-state index contributed by atoms with van der Waals surface area (Å²) in [6.07, 6.45) is 5.68. The Hall–Kier alpha value is -1.61. The van der Waals surface area contributed by atoms with E-state index in [1.165, 1.54) is 30.3 Å². The van der Waals surface area contributed by atoms with Gasteiger partial charge in [-0.3, -0.25) is 4.98 Å². The van der Waals surface area contributed by atoms with Crippen molar-refractivity contribution in [3.63, 3.8) is 0 Å². The molecule has 1 saturated heterocycles. The van der Waals surface area contributed by atoms with Gasteiger partial charge in [0.1, 0.15) is 0 Å². The lowest BCUT2D eigenvalue weighted by molar-refractivity contribution is 0.369. The van der Waals surface area contributed by atoms with E-state index in [1.54, 1.807) is 0 Å². The van der Waals surface area contributed by atoms with E-state index in [4.69, 9.17) is 0 Å². The first-order valence-electron chi connectivity index (χ1n) is 8.16. The topological polar surface area (TPSA) is 28.2 Å². The second kappa shape index (κ2) is 6.44. The molecule has 0 spiro atoms. The number of anilines is 1. The summed E-state index contributed by atoms with van der Waals surface area (Å²) in [7, 11) is 0. The van der Waals surface area contributed by atoms with Crippen molar-refractivity contribution in [1.29, 1.82) is 0 Å². The molecule has 0 saturated carbocycles. The second-order valence-electron chi connectivity index (χ2n) is 5.99. The zero-order valence-electron chi connectivity index (χ0n) is 13.0. The monoisotopic (exact) mass is 283 g/mol. The van der Waals surface area contributed by atoms with Gasteiger partial charge in [-0.05, 0) is 25.0 Å². The molecule has 21 heavy (non-hydrogen) atoms. The van der Waals surface area contributed by atoms with Crippen molar-refractivity contribution in [1.82, 2.24) is 10.3 Å². The zero-order valence-corrected chi connectivity index (χ0v) is 13.0. The molecule has 1 aromatic carbocycles. The maximum atomic E-state index is 4.63. The molecule has 3 nitrogen and oxygen atoms in total. The highest BCUT2D eigenvalue weighted by atomic mass is 15.2. The first-order valence-corrected chi connectivity index (χ1v) is 8.16. The number of nitrogens with zero attached hydrogens (tertiary/aromatic N) is 2. The quantitative estimate of drug-likeness (QED) is 0.929. The van der Waals surface area contributed by atoms with E-state index >= 15 is 0 Å². The highest BCUT2D eigenvalue weighted by Crippen LogP contribution is 2.25. The van der Waals surface area contributed by atoms with Crippen molar-refractivity contribution >= 4 is 16.6 Å². The standard InChI is InChI=1S/C18H25N3/c1-3-7-15-13-21(16(4-2)11-19-15)17-10-14-8-5-6-9-18(14)20-12-17/h5-6,8-10,12,15-16,19H,3-4,7,11,13H2,1-2H3. The number of benzene rings is 1. The van der Waals surface area contributed by atoms with Gasteiger partial charge in [0, 0.05) is 30.6 Å². The lowest BCUT2D eigenvalue weighted by Gasteiger charge is -2.41. The van der Waals surface area contributed by atoms with E-state index in [1.807, 2.05) is 12.3 Å². The molecule has 0 bridgehead atoms. The van der Waals surface area contributed by atoms with Crippen molar-refractivity contribution in [2.24, 2.45) is 0 Å². The van der Waals surface area contributed by atoms with Crippen molar-refractivity contribution in [2.75, 3.05) is 18.0 Å². The number of rotatable bonds is 4. The molecule has 2 unspecified atom stereocenters. The summed E-state index contributed by atoms with van der Waals surface area (Å²) in [5.74, 6) is 0. The summed E-state index contributed by atoms with van der Waals surface area (Å²) >= 11 is 0. The molecule has 3 heteroatoms. The van der Waals surface area contributed by atoms with E-state index in [9.17, 15) is 0 Å². The molecule has 1 N–H and O–H groups in total. The molecule has 1 aliphatic rings. The average molecular weight is 283 g/mol. The van der Waals surface area contributed by atoms with E-state index in [0.717, 1.165) is 18.6 Å². The van der Waals surface area contributed by atoms with Crippen LogP contribution in [0.15, 0.2) is 36.5 Å².